The molecular formula is C22H24N4O3. The number of anilines is 2. The molecule has 7 nitrogen and oxygen atoms in total. The summed E-state index contributed by atoms with van der Waals surface area (Å²) in [6.45, 7) is 1.66. The van der Waals surface area contributed by atoms with Crippen molar-refractivity contribution < 1.29 is 14.3 Å². The van der Waals surface area contributed by atoms with E-state index in [9.17, 15) is 4.79 Å². The molecule has 0 radical (unpaired) electrons. The molecule has 0 atom stereocenters. The normalized spacial score (nSPS) is 10.4. The first-order valence-electron chi connectivity index (χ1n) is 9.37. The van der Waals surface area contributed by atoms with Gasteiger partial charge in [-0.2, -0.15) is 0 Å². The molecule has 3 aromatic rings. The fraction of sp³-hybridized carbons (Fsp3) is 0.227. The molecule has 0 saturated heterocycles. The molecule has 150 valence electrons. The first kappa shape index (κ1) is 20.3. The molecule has 2 N–H and O–H groups in total. The molecule has 0 bridgehead atoms. The number of carbonyl (C=O) groups excluding carboxylic acids is 1. The maximum Gasteiger partial charge on any atom is 0.271 e. The van der Waals surface area contributed by atoms with Crippen LogP contribution in [0.25, 0.3) is 0 Å². The lowest BCUT2D eigenvalue weighted by atomic mass is 10.2. The van der Waals surface area contributed by atoms with Gasteiger partial charge in [0.05, 0.1) is 12.4 Å². The van der Waals surface area contributed by atoms with Crippen LogP contribution in [0.3, 0.4) is 0 Å². The van der Waals surface area contributed by atoms with Gasteiger partial charge in [-0.05, 0) is 36.2 Å². The maximum atomic E-state index is 12.0. The standard InChI is InChI=1S/C22H24N4O3/c1-28-13-5-12-23-22(27)20-14-25-21(15-24-20)26-18-8-10-19(11-9-18)29-16-17-6-3-2-4-7-17/h2-4,6-11,14-15H,5,12-13,16H2,1H3,(H,23,27)(H,25,26). The van der Waals surface area contributed by atoms with Gasteiger partial charge in [-0.25, -0.2) is 9.97 Å². The van der Waals surface area contributed by atoms with Gasteiger partial charge in [-0.15, -0.1) is 0 Å². The minimum atomic E-state index is -0.250. The van der Waals surface area contributed by atoms with Crippen molar-refractivity contribution in [1.82, 2.24) is 15.3 Å². The molecule has 1 aromatic heterocycles. The first-order valence-corrected chi connectivity index (χ1v) is 9.37. The summed E-state index contributed by atoms with van der Waals surface area (Å²) in [7, 11) is 1.63. The summed E-state index contributed by atoms with van der Waals surface area (Å²) in [6.07, 6.45) is 3.73. The Bertz CT molecular complexity index is 884. The molecule has 1 amide bonds. The van der Waals surface area contributed by atoms with Crippen LogP contribution in [0, 0.1) is 0 Å². The SMILES string of the molecule is COCCCNC(=O)c1cnc(Nc2ccc(OCc3ccccc3)cc2)cn1. The van der Waals surface area contributed by atoms with Crippen LogP contribution >= 0.6 is 0 Å². The highest BCUT2D eigenvalue weighted by Crippen LogP contribution is 2.19. The van der Waals surface area contributed by atoms with E-state index in [-0.39, 0.29) is 11.6 Å². The Kier molecular flexibility index (Phi) is 7.54. The molecule has 29 heavy (non-hydrogen) atoms. The lowest BCUT2D eigenvalue weighted by Gasteiger charge is -2.09. The average molecular weight is 392 g/mol. The molecular weight excluding hydrogens is 368 g/mol. The van der Waals surface area contributed by atoms with Gasteiger partial charge in [-0.1, -0.05) is 30.3 Å². The largest absolute Gasteiger partial charge is 0.489 e. The summed E-state index contributed by atoms with van der Waals surface area (Å²) < 4.78 is 10.7. The number of ether oxygens (including phenoxy) is 2. The monoisotopic (exact) mass is 392 g/mol. The molecule has 0 fully saturated rings. The Balaban J connectivity index is 1.49. The van der Waals surface area contributed by atoms with Gasteiger partial charge < -0.3 is 20.1 Å². The molecule has 3 rings (SSSR count). The van der Waals surface area contributed by atoms with E-state index in [0.29, 0.717) is 25.6 Å². The zero-order valence-corrected chi connectivity index (χ0v) is 16.3. The van der Waals surface area contributed by atoms with Gasteiger partial charge in [-0.3, -0.25) is 4.79 Å². The van der Waals surface area contributed by atoms with Gasteiger partial charge in [0.25, 0.3) is 5.91 Å². The lowest BCUT2D eigenvalue weighted by Crippen LogP contribution is -2.26. The van der Waals surface area contributed by atoms with E-state index in [0.717, 1.165) is 23.4 Å². The predicted molar refractivity (Wildman–Crippen MR) is 111 cm³/mol. The number of hydrogen-bond acceptors (Lipinski definition) is 6. The highest BCUT2D eigenvalue weighted by Gasteiger charge is 2.07. The summed E-state index contributed by atoms with van der Waals surface area (Å²) in [5, 5.41) is 5.93. The third-order valence-electron chi connectivity index (χ3n) is 4.07. The number of hydrogen-bond donors (Lipinski definition) is 2. The molecule has 0 aliphatic carbocycles. The quantitative estimate of drug-likeness (QED) is 0.513. The van der Waals surface area contributed by atoms with Crippen LogP contribution < -0.4 is 15.4 Å². The van der Waals surface area contributed by atoms with Crippen molar-refractivity contribution in [1.29, 1.82) is 0 Å². The van der Waals surface area contributed by atoms with Crippen molar-refractivity contribution in [2.45, 2.75) is 13.0 Å². The van der Waals surface area contributed by atoms with E-state index in [1.807, 2.05) is 54.6 Å². The van der Waals surface area contributed by atoms with E-state index in [4.69, 9.17) is 9.47 Å². The molecule has 0 saturated carbocycles. The van der Waals surface area contributed by atoms with Crippen molar-refractivity contribution in [3.05, 3.63) is 78.2 Å². The van der Waals surface area contributed by atoms with E-state index < -0.39 is 0 Å². The van der Waals surface area contributed by atoms with Crippen molar-refractivity contribution in [3.8, 4) is 5.75 Å². The number of aromatic nitrogens is 2. The number of carbonyl (C=O) groups is 1. The number of benzene rings is 2. The second kappa shape index (κ2) is 10.8. The number of amides is 1. The Labute approximate surface area is 170 Å². The maximum absolute atomic E-state index is 12.0. The Morgan fingerprint density at radius 2 is 1.79 bits per heavy atom. The summed E-state index contributed by atoms with van der Waals surface area (Å²) >= 11 is 0. The van der Waals surface area contributed by atoms with Crippen LogP contribution in [0.1, 0.15) is 22.5 Å². The van der Waals surface area contributed by atoms with Gasteiger partial charge in [0, 0.05) is 25.9 Å². The number of rotatable bonds is 10. The van der Waals surface area contributed by atoms with Crippen LogP contribution in [0.2, 0.25) is 0 Å². The van der Waals surface area contributed by atoms with E-state index in [1.165, 1.54) is 12.4 Å². The fourth-order valence-electron chi connectivity index (χ4n) is 2.54. The third-order valence-corrected chi connectivity index (χ3v) is 4.07. The minimum Gasteiger partial charge on any atom is -0.489 e. The first-order chi connectivity index (χ1) is 14.2. The minimum absolute atomic E-state index is 0.250. The Hall–Kier alpha value is -3.45. The number of nitrogens with one attached hydrogen (secondary N) is 2. The van der Waals surface area contributed by atoms with Crippen molar-refractivity contribution in [2.75, 3.05) is 25.6 Å². The van der Waals surface area contributed by atoms with E-state index in [2.05, 4.69) is 20.6 Å². The van der Waals surface area contributed by atoms with Crippen LogP contribution in [0.15, 0.2) is 67.0 Å². The molecule has 0 unspecified atom stereocenters. The van der Waals surface area contributed by atoms with Crippen molar-refractivity contribution >= 4 is 17.4 Å². The fourth-order valence-corrected chi connectivity index (χ4v) is 2.54. The third kappa shape index (κ3) is 6.58. The molecule has 0 spiro atoms. The molecule has 2 aromatic carbocycles. The second-order valence-corrected chi connectivity index (χ2v) is 6.31. The predicted octanol–water partition coefficient (Wildman–Crippen LogP) is 3.57. The zero-order chi connectivity index (χ0) is 20.3. The molecule has 1 heterocycles. The van der Waals surface area contributed by atoms with Crippen LogP contribution in [0.4, 0.5) is 11.5 Å². The Morgan fingerprint density at radius 1 is 1.00 bits per heavy atom. The molecule has 7 heteroatoms. The summed E-state index contributed by atoms with van der Waals surface area (Å²) in [5.74, 6) is 1.09. The van der Waals surface area contributed by atoms with Crippen molar-refractivity contribution in [3.63, 3.8) is 0 Å². The highest BCUT2D eigenvalue weighted by atomic mass is 16.5. The average Bonchev–Trinajstić information content (AvgIpc) is 2.77. The lowest BCUT2D eigenvalue weighted by molar-refractivity contribution is 0.0943. The van der Waals surface area contributed by atoms with Crippen molar-refractivity contribution in [2.24, 2.45) is 0 Å². The number of methoxy groups -OCH3 is 1. The Morgan fingerprint density at radius 3 is 2.48 bits per heavy atom. The van der Waals surface area contributed by atoms with Crippen LogP contribution in [-0.4, -0.2) is 36.1 Å². The van der Waals surface area contributed by atoms with E-state index in [1.54, 1.807) is 7.11 Å². The smallest absolute Gasteiger partial charge is 0.271 e. The van der Waals surface area contributed by atoms with Gasteiger partial charge in [0.2, 0.25) is 0 Å². The number of nitrogens with zero attached hydrogens (tertiary/aromatic N) is 2. The van der Waals surface area contributed by atoms with Crippen LogP contribution in [-0.2, 0) is 11.3 Å². The molecule has 0 aliphatic heterocycles. The summed E-state index contributed by atoms with van der Waals surface area (Å²) in [5.41, 5.74) is 2.24. The van der Waals surface area contributed by atoms with Crippen LogP contribution in [0.5, 0.6) is 5.75 Å². The second-order valence-electron chi connectivity index (χ2n) is 6.31. The van der Waals surface area contributed by atoms with Gasteiger partial charge in [0.15, 0.2) is 0 Å². The van der Waals surface area contributed by atoms with E-state index >= 15 is 0 Å². The van der Waals surface area contributed by atoms with Gasteiger partial charge >= 0.3 is 0 Å². The van der Waals surface area contributed by atoms with Gasteiger partial charge in [0.1, 0.15) is 23.9 Å². The summed E-state index contributed by atoms with van der Waals surface area (Å²) in [4.78, 5) is 20.4. The molecule has 0 aliphatic rings. The topological polar surface area (TPSA) is 85.4 Å². The highest BCUT2D eigenvalue weighted by molar-refractivity contribution is 5.92. The zero-order valence-electron chi connectivity index (χ0n) is 16.3. The summed E-state index contributed by atoms with van der Waals surface area (Å²) in [6, 6.07) is 17.6.